The van der Waals surface area contributed by atoms with Crippen molar-refractivity contribution in [2.75, 3.05) is 13.1 Å². The largest absolute Gasteiger partial charge is 0.494 e. The molecule has 0 atom stereocenters. The van der Waals surface area contributed by atoms with Gasteiger partial charge in [0.25, 0.3) is 0 Å². The maximum atomic E-state index is 11.7. The van der Waals surface area contributed by atoms with Crippen molar-refractivity contribution < 1.29 is 18.9 Å². The van der Waals surface area contributed by atoms with Gasteiger partial charge in [-0.25, -0.2) is 0 Å². The Bertz CT molecular complexity index is 1060. The summed E-state index contributed by atoms with van der Waals surface area (Å²) in [4.78, 5) is 26.9. The third-order valence-electron chi connectivity index (χ3n) is 7.51. The molecule has 0 radical (unpaired) electrons. The highest BCUT2D eigenvalue weighted by molar-refractivity contribution is 9.10. The summed E-state index contributed by atoms with van der Waals surface area (Å²) in [5.41, 5.74) is 2.73. The zero-order valence-corrected chi connectivity index (χ0v) is 23.3. The Hall–Kier alpha value is -2.16. The smallest absolute Gasteiger partial charge is 0.399 e. The van der Waals surface area contributed by atoms with Gasteiger partial charge in [0.05, 0.1) is 11.2 Å². The van der Waals surface area contributed by atoms with Crippen LogP contribution in [0.2, 0.25) is 0 Å². The van der Waals surface area contributed by atoms with Crippen LogP contribution in [0.3, 0.4) is 0 Å². The highest BCUT2D eigenvalue weighted by atomic mass is 79.9. The third-order valence-corrected chi connectivity index (χ3v) is 8.04. The molecule has 0 N–H and O–H groups in total. The van der Waals surface area contributed by atoms with Crippen molar-refractivity contribution >= 4 is 40.3 Å². The van der Waals surface area contributed by atoms with Gasteiger partial charge in [-0.15, -0.1) is 0 Å². The Kier molecular flexibility index (Phi) is 8.27. The molecule has 0 saturated carbocycles. The number of carbonyl (C=O) groups is 2. The number of hydrogen-bond acceptors (Lipinski definition) is 4. The second-order valence-electron chi connectivity index (χ2n) is 10.8. The van der Waals surface area contributed by atoms with Crippen LogP contribution in [0.5, 0.6) is 0 Å². The second-order valence-corrected chi connectivity index (χ2v) is 11.7. The molecule has 6 nitrogen and oxygen atoms in total. The van der Waals surface area contributed by atoms with E-state index in [9.17, 15) is 9.59 Å². The number of nitrogens with zero attached hydrogens (tertiary/aromatic N) is 2. The Balaban J connectivity index is 0.000000187. The van der Waals surface area contributed by atoms with Crippen molar-refractivity contribution in [1.82, 2.24) is 9.80 Å². The molecule has 2 amide bonds. The molecule has 3 aliphatic rings. The molecule has 0 unspecified atom stereocenters. The lowest BCUT2D eigenvalue weighted by Crippen LogP contribution is -2.41. The standard InChI is InChI=1S/C17H24BNO3.C11H12BrNO/c1-16(2)17(3,4)22-18(21-16)14-9-7-13(8-10-14)12-19-11-5-6-15(19)20;12-10-5-3-9(4-6-10)8-13-7-1-2-11(13)14/h7-10H,5-6,11-12H2,1-4H3;3-6H,1-2,7-8H2. The van der Waals surface area contributed by atoms with Gasteiger partial charge in [0.2, 0.25) is 11.8 Å². The Morgan fingerprint density at radius 3 is 1.56 bits per heavy atom. The minimum atomic E-state index is -0.326. The van der Waals surface area contributed by atoms with Crippen LogP contribution in [0.1, 0.15) is 64.5 Å². The summed E-state index contributed by atoms with van der Waals surface area (Å²) >= 11 is 3.39. The summed E-state index contributed by atoms with van der Waals surface area (Å²) in [5.74, 6) is 0.544. The van der Waals surface area contributed by atoms with E-state index in [1.54, 1.807) is 0 Å². The monoisotopic (exact) mass is 554 g/mol. The fraction of sp³-hybridized carbons (Fsp3) is 0.500. The van der Waals surface area contributed by atoms with Crippen LogP contribution < -0.4 is 5.46 Å². The minimum absolute atomic E-state index is 0.259. The zero-order valence-electron chi connectivity index (χ0n) is 21.8. The molecule has 2 aromatic rings. The first-order valence-corrected chi connectivity index (χ1v) is 13.6. The highest BCUT2D eigenvalue weighted by Crippen LogP contribution is 2.36. The molecule has 0 aliphatic carbocycles. The maximum absolute atomic E-state index is 11.7. The maximum Gasteiger partial charge on any atom is 0.494 e. The Morgan fingerprint density at radius 2 is 1.17 bits per heavy atom. The molecule has 0 spiro atoms. The summed E-state index contributed by atoms with van der Waals surface area (Å²) in [5, 5.41) is 0. The Morgan fingerprint density at radius 1 is 0.750 bits per heavy atom. The molecule has 3 fully saturated rings. The van der Waals surface area contributed by atoms with E-state index in [2.05, 4.69) is 67.9 Å². The molecule has 3 aliphatic heterocycles. The normalized spacial score (nSPS) is 20.6. The molecule has 8 heteroatoms. The number of likely N-dealkylation sites (tertiary alicyclic amines) is 2. The van der Waals surface area contributed by atoms with E-state index in [0.717, 1.165) is 54.4 Å². The van der Waals surface area contributed by atoms with E-state index >= 15 is 0 Å². The number of hydrogen-bond donors (Lipinski definition) is 0. The van der Waals surface area contributed by atoms with Crippen LogP contribution >= 0.6 is 15.9 Å². The zero-order chi connectivity index (χ0) is 25.9. The van der Waals surface area contributed by atoms with Gasteiger partial charge in [-0.05, 0) is 69.3 Å². The van der Waals surface area contributed by atoms with Gasteiger partial charge in [0.1, 0.15) is 0 Å². The van der Waals surface area contributed by atoms with Crippen LogP contribution in [0, 0.1) is 0 Å². The van der Waals surface area contributed by atoms with Crippen molar-refractivity contribution in [3.05, 3.63) is 64.1 Å². The number of rotatable bonds is 5. The van der Waals surface area contributed by atoms with Gasteiger partial charge >= 0.3 is 7.12 Å². The van der Waals surface area contributed by atoms with E-state index in [1.807, 2.05) is 34.1 Å². The molecular weight excluding hydrogens is 519 g/mol. The van der Waals surface area contributed by atoms with Crippen LogP contribution in [0.4, 0.5) is 0 Å². The first-order valence-electron chi connectivity index (χ1n) is 12.8. The lowest BCUT2D eigenvalue weighted by atomic mass is 9.79. The quantitative estimate of drug-likeness (QED) is 0.503. The summed E-state index contributed by atoms with van der Waals surface area (Å²) in [6.45, 7) is 11.5. The van der Waals surface area contributed by atoms with E-state index in [-0.39, 0.29) is 30.1 Å². The van der Waals surface area contributed by atoms with Crippen LogP contribution in [-0.4, -0.2) is 53.0 Å². The van der Waals surface area contributed by atoms with Crippen molar-refractivity contribution in [3.8, 4) is 0 Å². The number of amides is 2. The first kappa shape index (κ1) is 26.9. The predicted octanol–water partition coefficient (Wildman–Crippen LogP) is 4.68. The van der Waals surface area contributed by atoms with E-state index in [1.165, 1.54) is 5.56 Å². The van der Waals surface area contributed by atoms with Crippen molar-refractivity contribution in [1.29, 1.82) is 0 Å². The summed E-state index contributed by atoms with van der Waals surface area (Å²) < 4.78 is 13.2. The molecular formula is C28H36BBrN2O4. The Labute approximate surface area is 223 Å². The van der Waals surface area contributed by atoms with Crippen molar-refractivity contribution in [3.63, 3.8) is 0 Å². The third kappa shape index (κ3) is 6.39. The average Bonchev–Trinajstić information content (AvgIpc) is 3.48. The number of carbonyl (C=O) groups excluding carboxylic acids is 2. The molecule has 36 heavy (non-hydrogen) atoms. The second kappa shape index (κ2) is 11.1. The van der Waals surface area contributed by atoms with Crippen molar-refractivity contribution in [2.24, 2.45) is 0 Å². The van der Waals surface area contributed by atoms with Gasteiger partial charge in [-0.2, -0.15) is 0 Å². The fourth-order valence-electron chi connectivity index (χ4n) is 4.53. The summed E-state index contributed by atoms with van der Waals surface area (Å²) in [7, 11) is -0.326. The molecule has 192 valence electrons. The molecule has 2 aromatic carbocycles. The van der Waals surface area contributed by atoms with Gasteiger partial charge in [0.15, 0.2) is 0 Å². The molecule has 3 heterocycles. The molecule has 0 bridgehead atoms. The minimum Gasteiger partial charge on any atom is -0.399 e. The summed E-state index contributed by atoms with van der Waals surface area (Å²) in [6, 6.07) is 16.3. The van der Waals surface area contributed by atoms with Gasteiger partial charge in [-0.1, -0.05) is 52.3 Å². The topological polar surface area (TPSA) is 59.1 Å². The predicted molar refractivity (Wildman–Crippen MR) is 146 cm³/mol. The van der Waals surface area contributed by atoms with E-state index in [4.69, 9.17) is 9.31 Å². The van der Waals surface area contributed by atoms with Gasteiger partial charge in [-0.3, -0.25) is 9.59 Å². The molecule has 3 saturated heterocycles. The van der Waals surface area contributed by atoms with Crippen molar-refractivity contribution in [2.45, 2.75) is 77.7 Å². The lowest BCUT2D eigenvalue weighted by molar-refractivity contribution is -0.129. The van der Waals surface area contributed by atoms with Gasteiger partial charge < -0.3 is 19.1 Å². The van der Waals surface area contributed by atoms with Crippen LogP contribution in [0.25, 0.3) is 0 Å². The molecule has 5 rings (SSSR count). The highest BCUT2D eigenvalue weighted by Gasteiger charge is 2.51. The number of halogens is 1. The first-order chi connectivity index (χ1) is 17.0. The van der Waals surface area contributed by atoms with Gasteiger partial charge in [0, 0.05) is 43.5 Å². The average molecular weight is 555 g/mol. The SMILES string of the molecule is CC1(C)OB(c2ccc(CN3CCCC3=O)cc2)OC1(C)C.O=C1CCCN1Cc1ccc(Br)cc1. The van der Waals surface area contributed by atoms with E-state index in [0.29, 0.717) is 13.0 Å². The van der Waals surface area contributed by atoms with E-state index < -0.39 is 0 Å². The fourth-order valence-corrected chi connectivity index (χ4v) is 4.80. The lowest BCUT2D eigenvalue weighted by Gasteiger charge is -2.32. The summed E-state index contributed by atoms with van der Waals surface area (Å²) in [6.07, 6.45) is 3.39. The van der Waals surface area contributed by atoms with Crippen LogP contribution in [-0.2, 0) is 32.0 Å². The van der Waals surface area contributed by atoms with Crippen LogP contribution in [0.15, 0.2) is 53.0 Å². The molecule has 0 aromatic heterocycles. The number of benzene rings is 2.